The van der Waals surface area contributed by atoms with Crippen molar-refractivity contribution in [3.05, 3.63) is 58.7 Å². The minimum Gasteiger partial charge on any atom is -0.464 e. The summed E-state index contributed by atoms with van der Waals surface area (Å²) in [5.41, 5.74) is 1.31. The molecule has 9 heteroatoms. The number of hydrogen-bond acceptors (Lipinski definition) is 4. The van der Waals surface area contributed by atoms with Crippen LogP contribution in [-0.2, 0) is 19.6 Å². The normalized spacial score (nSPS) is 11.5. The SMILES string of the molecule is CC(=O)OCCN(c1ccc2[nH]ccc2c1)S(=O)(=O)c1cc(Cl)cc(Cl)c1. The fourth-order valence-electron chi connectivity index (χ4n) is 2.66. The average molecular weight is 427 g/mol. The number of aromatic amines is 1. The van der Waals surface area contributed by atoms with Crippen LogP contribution in [0.25, 0.3) is 10.9 Å². The van der Waals surface area contributed by atoms with Crippen molar-refractivity contribution in [2.75, 3.05) is 17.5 Å². The summed E-state index contributed by atoms with van der Waals surface area (Å²) in [5.74, 6) is -0.487. The van der Waals surface area contributed by atoms with E-state index in [0.717, 1.165) is 10.9 Å². The summed E-state index contributed by atoms with van der Waals surface area (Å²) in [6.07, 6.45) is 1.77. The largest absolute Gasteiger partial charge is 0.464 e. The molecule has 0 spiro atoms. The minimum atomic E-state index is -3.99. The van der Waals surface area contributed by atoms with Crippen LogP contribution in [0.1, 0.15) is 6.92 Å². The monoisotopic (exact) mass is 426 g/mol. The number of fused-ring (bicyclic) bond motifs is 1. The van der Waals surface area contributed by atoms with E-state index in [9.17, 15) is 13.2 Å². The van der Waals surface area contributed by atoms with Crippen molar-refractivity contribution in [2.45, 2.75) is 11.8 Å². The zero-order valence-electron chi connectivity index (χ0n) is 14.3. The van der Waals surface area contributed by atoms with Gasteiger partial charge in [0.1, 0.15) is 6.61 Å². The molecule has 3 rings (SSSR count). The number of aromatic nitrogens is 1. The van der Waals surface area contributed by atoms with Crippen molar-refractivity contribution in [2.24, 2.45) is 0 Å². The highest BCUT2D eigenvalue weighted by molar-refractivity contribution is 7.92. The van der Waals surface area contributed by atoms with Crippen LogP contribution in [0, 0.1) is 0 Å². The van der Waals surface area contributed by atoms with Crippen LogP contribution in [0.15, 0.2) is 53.6 Å². The predicted octanol–water partition coefficient (Wildman–Crippen LogP) is 4.23. The average Bonchev–Trinajstić information content (AvgIpc) is 3.05. The van der Waals surface area contributed by atoms with Gasteiger partial charge in [-0.15, -0.1) is 0 Å². The molecule has 0 bridgehead atoms. The maximum absolute atomic E-state index is 13.2. The second kappa shape index (κ2) is 7.80. The Morgan fingerprint density at radius 2 is 1.81 bits per heavy atom. The smallest absolute Gasteiger partial charge is 0.302 e. The van der Waals surface area contributed by atoms with E-state index >= 15 is 0 Å². The topological polar surface area (TPSA) is 79.5 Å². The van der Waals surface area contributed by atoms with Crippen molar-refractivity contribution < 1.29 is 17.9 Å². The number of sulfonamides is 1. The molecule has 0 fully saturated rings. The number of nitrogens with one attached hydrogen (secondary N) is 1. The molecule has 1 aromatic heterocycles. The molecule has 0 aliphatic heterocycles. The Kier molecular flexibility index (Phi) is 5.64. The number of hydrogen-bond donors (Lipinski definition) is 1. The highest BCUT2D eigenvalue weighted by Crippen LogP contribution is 2.29. The lowest BCUT2D eigenvalue weighted by Gasteiger charge is -2.24. The van der Waals surface area contributed by atoms with E-state index in [2.05, 4.69) is 4.98 Å². The predicted molar refractivity (Wildman–Crippen MR) is 106 cm³/mol. The van der Waals surface area contributed by atoms with E-state index < -0.39 is 16.0 Å². The summed E-state index contributed by atoms with van der Waals surface area (Å²) in [7, 11) is -3.99. The molecule has 0 saturated heterocycles. The fourth-order valence-corrected chi connectivity index (χ4v) is 4.83. The maximum Gasteiger partial charge on any atom is 0.302 e. The molecule has 1 heterocycles. The van der Waals surface area contributed by atoms with Crippen molar-refractivity contribution >= 4 is 55.8 Å². The van der Waals surface area contributed by atoms with Crippen molar-refractivity contribution in [1.82, 2.24) is 4.98 Å². The van der Waals surface area contributed by atoms with E-state index in [4.69, 9.17) is 27.9 Å². The number of nitrogens with zero attached hydrogens (tertiary/aromatic N) is 1. The Bertz CT molecular complexity index is 1080. The van der Waals surface area contributed by atoms with Gasteiger partial charge in [0, 0.05) is 34.1 Å². The molecule has 6 nitrogen and oxygen atoms in total. The molecule has 0 aliphatic rings. The second-order valence-corrected chi connectivity index (χ2v) is 8.51. The molecule has 0 aliphatic carbocycles. The van der Waals surface area contributed by atoms with Gasteiger partial charge in [-0.05, 0) is 42.5 Å². The number of esters is 1. The van der Waals surface area contributed by atoms with Gasteiger partial charge in [0.25, 0.3) is 10.0 Å². The number of halogens is 2. The summed E-state index contributed by atoms with van der Waals surface area (Å²) >= 11 is 12.0. The third kappa shape index (κ3) is 4.37. The molecule has 3 aromatic rings. The quantitative estimate of drug-likeness (QED) is 0.597. The van der Waals surface area contributed by atoms with Gasteiger partial charge in [0.05, 0.1) is 17.1 Å². The number of ether oxygens (including phenoxy) is 1. The number of H-pyrrole nitrogens is 1. The molecule has 0 amide bonds. The van der Waals surface area contributed by atoms with Crippen molar-refractivity contribution in [3.8, 4) is 0 Å². The first-order valence-corrected chi connectivity index (χ1v) is 10.2. The Labute approximate surface area is 166 Å². The lowest BCUT2D eigenvalue weighted by atomic mass is 10.2. The summed E-state index contributed by atoms with van der Waals surface area (Å²) in [5, 5.41) is 1.27. The van der Waals surface area contributed by atoms with Gasteiger partial charge in [-0.2, -0.15) is 0 Å². The number of benzene rings is 2. The lowest BCUT2D eigenvalue weighted by molar-refractivity contribution is -0.140. The zero-order valence-corrected chi connectivity index (χ0v) is 16.6. The van der Waals surface area contributed by atoms with Gasteiger partial charge in [-0.3, -0.25) is 9.10 Å². The summed E-state index contributed by atoms with van der Waals surface area (Å²) in [6, 6.07) is 11.2. The van der Waals surface area contributed by atoms with Gasteiger partial charge in [0.15, 0.2) is 0 Å². The maximum atomic E-state index is 13.2. The highest BCUT2D eigenvalue weighted by Gasteiger charge is 2.26. The van der Waals surface area contributed by atoms with Gasteiger partial charge in [-0.1, -0.05) is 23.2 Å². The van der Waals surface area contributed by atoms with E-state index in [1.165, 1.54) is 29.4 Å². The first-order chi connectivity index (χ1) is 12.8. The van der Waals surface area contributed by atoms with Crippen LogP contribution in [-0.4, -0.2) is 32.5 Å². The lowest BCUT2D eigenvalue weighted by Crippen LogP contribution is -2.34. The van der Waals surface area contributed by atoms with E-state index in [-0.39, 0.29) is 28.1 Å². The minimum absolute atomic E-state index is 0.0445. The highest BCUT2D eigenvalue weighted by atomic mass is 35.5. The molecular formula is C18H16Cl2N2O4S. The number of anilines is 1. The summed E-state index contributed by atoms with van der Waals surface area (Å²) < 4.78 is 32.6. The number of carbonyl (C=O) groups excluding carboxylic acids is 1. The van der Waals surface area contributed by atoms with E-state index in [1.54, 1.807) is 24.4 Å². The van der Waals surface area contributed by atoms with Crippen molar-refractivity contribution in [3.63, 3.8) is 0 Å². The van der Waals surface area contributed by atoms with E-state index in [0.29, 0.717) is 5.69 Å². The molecular weight excluding hydrogens is 411 g/mol. The molecule has 0 radical (unpaired) electrons. The number of carbonyl (C=O) groups is 1. The van der Waals surface area contributed by atoms with Crippen LogP contribution in [0.4, 0.5) is 5.69 Å². The Hall–Kier alpha value is -2.22. The molecule has 2 aromatic carbocycles. The first-order valence-electron chi connectivity index (χ1n) is 7.97. The molecule has 1 N–H and O–H groups in total. The molecule has 142 valence electrons. The van der Waals surface area contributed by atoms with Crippen LogP contribution >= 0.6 is 23.2 Å². The molecule has 0 saturated carbocycles. The zero-order chi connectivity index (χ0) is 19.6. The standard InChI is InChI=1S/C18H16Cl2N2O4S/c1-12(23)26-7-6-22(16-2-3-18-13(8-16)4-5-21-18)27(24,25)17-10-14(19)9-15(20)11-17/h2-5,8-11,21H,6-7H2,1H3. The van der Waals surface area contributed by atoms with Gasteiger partial charge < -0.3 is 9.72 Å². The number of rotatable bonds is 6. The van der Waals surface area contributed by atoms with Crippen LogP contribution in [0.3, 0.4) is 0 Å². The third-order valence-electron chi connectivity index (χ3n) is 3.85. The van der Waals surface area contributed by atoms with Crippen LogP contribution in [0.5, 0.6) is 0 Å². The first kappa shape index (κ1) is 19.5. The Morgan fingerprint density at radius 3 is 2.48 bits per heavy atom. The van der Waals surface area contributed by atoms with Gasteiger partial charge in [-0.25, -0.2) is 8.42 Å². The third-order valence-corrected chi connectivity index (χ3v) is 6.09. The summed E-state index contributed by atoms with van der Waals surface area (Å²) in [6.45, 7) is 1.12. The van der Waals surface area contributed by atoms with E-state index in [1.807, 2.05) is 6.07 Å². The van der Waals surface area contributed by atoms with Gasteiger partial charge >= 0.3 is 5.97 Å². The Morgan fingerprint density at radius 1 is 1.11 bits per heavy atom. The van der Waals surface area contributed by atoms with Gasteiger partial charge in [0.2, 0.25) is 0 Å². The van der Waals surface area contributed by atoms with Crippen LogP contribution < -0.4 is 4.31 Å². The van der Waals surface area contributed by atoms with Crippen molar-refractivity contribution in [1.29, 1.82) is 0 Å². The molecule has 0 unspecified atom stereocenters. The molecule has 27 heavy (non-hydrogen) atoms. The second-order valence-electron chi connectivity index (χ2n) is 5.77. The fraction of sp³-hybridized carbons (Fsp3) is 0.167. The van der Waals surface area contributed by atoms with Crippen LogP contribution in [0.2, 0.25) is 10.0 Å². The summed E-state index contributed by atoms with van der Waals surface area (Å²) in [4.78, 5) is 14.1. The molecule has 0 atom stereocenters. The Balaban J connectivity index is 2.05.